The summed E-state index contributed by atoms with van der Waals surface area (Å²) in [4.78, 5) is 18.2. The number of aromatic nitrogens is 1. The topological polar surface area (TPSA) is 68.5 Å². The van der Waals surface area contributed by atoms with Crippen molar-refractivity contribution in [2.24, 2.45) is 5.73 Å². The second-order valence-electron chi connectivity index (χ2n) is 3.87. The molecule has 1 aromatic rings. The zero-order valence-electron chi connectivity index (χ0n) is 9.51. The van der Waals surface area contributed by atoms with Gasteiger partial charge in [0.25, 0.3) is 5.91 Å². The Kier molecular flexibility index (Phi) is 4.26. The van der Waals surface area contributed by atoms with E-state index in [1.54, 1.807) is 23.2 Å². The fraction of sp³-hybridized carbons (Fsp3) is 0.364. The zero-order valence-corrected chi connectivity index (χ0v) is 11.9. The average Bonchev–Trinajstić information content (AvgIpc) is 2.39. The van der Waals surface area contributed by atoms with Crippen LogP contribution >= 0.6 is 28.1 Å². The van der Waals surface area contributed by atoms with Crippen molar-refractivity contribution in [2.75, 3.05) is 19.7 Å². The van der Waals surface area contributed by atoms with Crippen LogP contribution in [-0.2, 0) is 4.74 Å². The minimum absolute atomic E-state index is 0.132. The molecule has 96 valence electrons. The molecule has 0 bridgehead atoms. The molecular formula is C11H12BrN3O2S. The molecule has 2 heterocycles. The smallest absolute Gasteiger partial charge is 0.272 e. The van der Waals surface area contributed by atoms with Crippen LogP contribution in [0.2, 0.25) is 0 Å². The van der Waals surface area contributed by atoms with Gasteiger partial charge in [0.15, 0.2) is 0 Å². The van der Waals surface area contributed by atoms with Crippen molar-refractivity contribution in [3.05, 3.63) is 28.5 Å². The molecule has 0 radical (unpaired) electrons. The van der Waals surface area contributed by atoms with Gasteiger partial charge in [-0.25, -0.2) is 4.98 Å². The molecular weight excluding hydrogens is 318 g/mol. The van der Waals surface area contributed by atoms with E-state index in [9.17, 15) is 4.79 Å². The summed E-state index contributed by atoms with van der Waals surface area (Å²) in [6.07, 6.45) is 1.23. The number of halogens is 1. The van der Waals surface area contributed by atoms with Gasteiger partial charge in [-0.2, -0.15) is 0 Å². The lowest BCUT2D eigenvalue weighted by molar-refractivity contribution is 0.00850. The number of pyridine rings is 1. The van der Waals surface area contributed by atoms with Crippen molar-refractivity contribution in [3.8, 4) is 0 Å². The SMILES string of the molecule is NC(=S)C1CN(C(=O)c2ccc(Br)cn2)CCO1. The summed E-state index contributed by atoms with van der Waals surface area (Å²) >= 11 is 8.16. The molecule has 1 aliphatic rings. The van der Waals surface area contributed by atoms with Gasteiger partial charge in [0, 0.05) is 17.2 Å². The fourth-order valence-electron chi connectivity index (χ4n) is 1.67. The summed E-state index contributed by atoms with van der Waals surface area (Å²) in [6, 6.07) is 3.46. The first-order valence-electron chi connectivity index (χ1n) is 5.39. The molecule has 2 N–H and O–H groups in total. The lowest BCUT2D eigenvalue weighted by atomic mass is 10.2. The van der Waals surface area contributed by atoms with Crippen LogP contribution in [-0.4, -0.2) is 46.6 Å². The molecule has 5 nitrogen and oxygen atoms in total. The third-order valence-corrected chi connectivity index (χ3v) is 3.35. The minimum atomic E-state index is -0.367. The van der Waals surface area contributed by atoms with Gasteiger partial charge >= 0.3 is 0 Å². The van der Waals surface area contributed by atoms with E-state index in [0.717, 1.165) is 4.47 Å². The lowest BCUT2D eigenvalue weighted by Crippen LogP contribution is -2.50. The zero-order chi connectivity index (χ0) is 13.1. The molecule has 1 fully saturated rings. The van der Waals surface area contributed by atoms with Crippen molar-refractivity contribution in [2.45, 2.75) is 6.10 Å². The number of amides is 1. The molecule has 18 heavy (non-hydrogen) atoms. The summed E-state index contributed by atoms with van der Waals surface area (Å²) in [5, 5.41) is 0. The van der Waals surface area contributed by atoms with Gasteiger partial charge in [-0.3, -0.25) is 4.79 Å². The summed E-state index contributed by atoms with van der Waals surface area (Å²) in [5.74, 6) is -0.132. The number of thiocarbonyl (C=S) groups is 1. The number of nitrogens with two attached hydrogens (primary N) is 1. The van der Waals surface area contributed by atoms with Crippen LogP contribution in [0.1, 0.15) is 10.5 Å². The van der Waals surface area contributed by atoms with E-state index in [-0.39, 0.29) is 17.0 Å². The number of hydrogen-bond acceptors (Lipinski definition) is 4. The van der Waals surface area contributed by atoms with Gasteiger partial charge in [-0.15, -0.1) is 0 Å². The Hall–Kier alpha value is -1.05. The molecule has 2 rings (SSSR count). The Morgan fingerprint density at radius 2 is 2.39 bits per heavy atom. The average molecular weight is 330 g/mol. The van der Waals surface area contributed by atoms with Crippen molar-refractivity contribution in [1.29, 1.82) is 0 Å². The number of carbonyl (C=O) groups excluding carboxylic acids is 1. The molecule has 1 atom stereocenters. The third-order valence-electron chi connectivity index (χ3n) is 2.62. The molecule has 0 saturated carbocycles. The number of carbonyl (C=O) groups is 1. The lowest BCUT2D eigenvalue weighted by Gasteiger charge is -2.32. The van der Waals surface area contributed by atoms with E-state index in [1.165, 1.54) is 0 Å². The Balaban J connectivity index is 2.09. The summed E-state index contributed by atoms with van der Waals surface area (Å²) in [6.45, 7) is 1.34. The predicted molar refractivity (Wildman–Crippen MR) is 74.4 cm³/mol. The number of rotatable bonds is 2. The largest absolute Gasteiger partial charge is 0.391 e. The third kappa shape index (κ3) is 3.04. The highest BCUT2D eigenvalue weighted by atomic mass is 79.9. The van der Waals surface area contributed by atoms with Crippen LogP contribution in [0.5, 0.6) is 0 Å². The molecule has 0 spiro atoms. The van der Waals surface area contributed by atoms with Crippen LogP contribution < -0.4 is 5.73 Å². The molecule has 1 unspecified atom stereocenters. The first-order valence-corrected chi connectivity index (χ1v) is 6.60. The molecule has 1 saturated heterocycles. The molecule has 1 amide bonds. The minimum Gasteiger partial charge on any atom is -0.391 e. The second kappa shape index (κ2) is 5.73. The maximum absolute atomic E-state index is 12.2. The van der Waals surface area contributed by atoms with Crippen molar-refractivity contribution in [1.82, 2.24) is 9.88 Å². The van der Waals surface area contributed by atoms with E-state index in [1.807, 2.05) is 0 Å². The quantitative estimate of drug-likeness (QED) is 0.819. The van der Waals surface area contributed by atoms with Crippen molar-refractivity contribution in [3.63, 3.8) is 0 Å². The predicted octanol–water partition coefficient (Wildman–Crippen LogP) is 0.971. The number of morpholine rings is 1. The van der Waals surface area contributed by atoms with Gasteiger partial charge in [0.1, 0.15) is 16.8 Å². The Morgan fingerprint density at radius 1 is 1.61 bits per heavy atom. The first-order chi connectivity index (χ1) is 8.58. The van der Waals surface area contributed by atoms with E-state index in [4.69, 9.17) is 22.7 Å². The molecule has 7 heteroatoms. The van der Waals surface area contributed by atoms with Crippen LogP contribution in [0, 0.1) is 0 Å². The highest BCUT2D eigenvalue weighted by Gasteiger charge is 2.27. The van der Waals surface area contributed by atoms with Gasteiger partial charge in [0.05, 0.1) is 13.2 Å². The van der Waals surface area contributed by atoms with Gasteiger partial charge < -0.3 is 15.4 Å². The Bertz CT molecular complexity index is 466. The van der Waals surface area contributed by atoms with Gasteiger partial charge in [0.2, 0.25) is 0 Å². The number of hydrogen-bond donors (Lipinski definition) is 1. The number of ether oxygens (including phenoxy) is 1. The van der Waals surface area contributed by atoms with Gasteiger partial charge in [-0.05, 0) is 28.1 Å². The highest BCUT2D eigenvalue weighted by Crippen LogP contribution is 2.12. The highest BCUT2D eigenvalue weighted by molar-refractivity contribution is 9.10. The maximum atomic E-state index is 12.2. The normalized spacial score (nSPS) is 19.6. The summed E-state index contributed by atoms with van der Waals surface area (Å²) < 4.78 is 6.22. The molecule has 1 aromatic heterocycles. The summed E-state index contributed by atoms with van der Waals surface area (Å²) in [5.41, 5.74) is 5.94. The van der Waals surface area contributed by atoms with Gasteiger partial charge in [-0.1, -0.05) is 12.2 Å². The van der Waals surface area contributed by atoms with Crippen molar-refractivity contribution >= 4 is 39.0 Å². The van der Waals surface area contributed by atoms with E-state index < -0.39 is 0 Å². The van der Waals surface area contributed by atoms with Crippen LogP contribution in [0.4, 0.5) is 0 Å². The van der Waals surface area contributed by atoms with Crippen molar-refractivity contribution < 1.29 is 9.53 Å². The number of nitrogens with zero attached hydrogens (tertiary/aromatic N) is 2. The van der Waals surface area contributed by atoms with Crippen LogP contribution in [0.3, 0.4) is 0 Å². The van der Waals surface area contributed by atoms with E-state index in [0.29, 0.717) is 25.4 Å². The van der Waals surface area contributed by atoms with Crippen LogP contribution in [0.25, 0.3) is 0 Å². The molecule has 0 aliphatic carbocycles. The Morgan fingerprint density at radius 3 is 3.00 bits per heavy atom. The van der Waals surface area contributed by atoms with E-state index >= 15 is 0 Å². The monoisotopic (exact) mass is 329 g/mol. The fourth-order valence-corrected chi connectivity index (χ4v) is 2.05. The molecule has 0 aromatic carbocycles. The standard InChI is InChI=1S/C11H12BrN3O2S/c12-7-1-2-8(14-5-7)11(16)15-3-4-17-9(6-15)10(13)18/h1-2,5,9H,3-4,6H2,(H2,13,18). The summed E-state index contributed by atoms with van der Waals surface area (Å²) in [7, 11) is 0. The Labute approximate surface area is 118 Å². The maximum Gasteiger partial charge on any atom is 0.272 e. The first kappa shape index (κ1) is 13.4. The second-order valence-corrected chi connectivity index (χ2v) is 5.26. The van der Waals surface area contributed by atoms with E-state index in [2.05, 4.69) is 20.9 Å². The molecule has 1 aliphatic heterocycles. The van der Waals surface area contributed by atoms with Crippen LogP contribution in [0.15, 0.2) is 22.8 Å².